The highest BCUT2D eigenvalue weighted by Crippen LogP contribution is 2.05. The van der Waals surface area contributed by atoms with Gasteiger partial charge in [-0.05, 0) is 6.07 Å². The van der Waals surface area contributed by atoms with Crippen molar-refractivity contribution in [3.8, 4) is 0 Å². The molecule has 0 radical (unpaired) electrons. The number of amides is 1. The van der Waals surface area contributed by atoms with E-state index in [9.17, 15) is 9.59 Å². The van der Waals surface area contributed by atoms with Crippen LogP contribution in [0.5, 0.6) is 0 Å². The van der Waals surface area contributed by atoms with E-state index in [1.807, 2.05) is 0 Å². The summed E-state index contributed by atoms with van der Waals surface area (Å²) in [5, 5.41) is 11.0. The topological polar surface area (TPSA) is 79.3 Å². The summed E-state index contributed by atoms with van der Waals surface area (Å²) in [6, 6.07) is 1.36. The molecule has 13 heavy (non-hydrogen) atoms. The smallest absolute Gasteiger partial charge is 0.338 e. The summed E-state index contributed by atoms with van der Waals surface area (Å²) >= 11 is 0. The maximum atomic E-state index is 11.1. The van der Waals surface area contributed by atoms with Crippen LogP contribution in [-0.4, -0.2) is 29.0 Å². The zero-order valence-corrected chi connectivity index (χ0v) is 6.94. The maximum absolute atomic E-state index is 11.1. The van der Waals surface area contributed by atoms with E-state index in [4.69, 9.17) is 5.11 Å². The number of nitrogens with zero attached hydrogens (tertiary/aromatic N) is 1. The van der Waals surface area contributed by atoms with Crippen LogP contribution in [0, 0.1) is 0 Å². The van der Waals surface area contributed by atoms with E-state index < -0.39 is 11.9 Å². The fraction of sp³-hybridized carbons (Fsp3) is 0.125. The Labute approximate surface area is 74.4 Å². The van der Waals surface area contributed by atoms with Crippen molar-refractivity contribution in [1.29, 1.82) is 0 Å². The Morgan fingerprint density at radius 2 is 2.15 bits per heavy atom. The van der Waals surface area contributed by atoms with Crippen molar-refractivity contribution < 1.29 is 14.7 Å². The van der Waals surface area contributed by atoms with E-state index in [0.29, 0.717) is 0 Å². The fourth-order valence-electron chi connectivity index (χ4n) is 0.898. The number of carboxylic acid groups (broad SMARTS) is 1. The molecular formula is C8H8N2O3. The molecule has 1 aromatic rings. The van der Waals surface area contributed by atoms with Crippen molar-refractivity contribution >= 4 is 11.9 Å². The summed E-state index contributed by atoms with van der Waals surface area (Å²) in [5.74, 6) is -1.59. The molecule has 5 heteroatoms. The highest BCUT2D eigenvalue weighted by Gasteiger charge is 2.14. The SMILES string of the molecule is CNC(=O)c1ccncc1C(=O)O. The number of carbonyl (C=O) groups excluding carboxylic acids is 1. The van der Waals surface area contributed by atoms with Crippen LogP contribution in [0.2, 0.25) is 0 Å². The minimum atomic E-state index is -1.16. The molecule has 1 aromatic heterocycles. The number of carboxylic acids is 1. The van der Waals surface area contributed by atoms with Gasteiger partial charge in [0.15, 0.2) is 0 Å². The van der Waals surface area contributed by atoms with E-state index in [2.05, 4.69) is 10.3 Å². The second kappa shape index (κ2) is 3.66. The number of rotatable bonds is 2. The van der Waals surface area contributed by atoms with Gasteiger partial charge in [-0.25, -0.2) is 4.79 Å². The maximum Gasteiger partial charge on any atom is 0.338 e. The monoisotopic (exact) mass is 180 g/mol. The molecule has 0 aromatic carbocycles. The van der Waals surface area contributed by atoms with E-state index in [1.165, 1.54) is 19.3 Å². The lowest BCUT2D eigenvalue weighted by Crippen LogP contribution is -2.21. The number of nitrogens with one attached hydrogen (secondary N) is 1. The molecule has 1 rings (SSSR count). The van der Waals surface area contributed by atoms with E-state index >= 15 is 0 Å². The van der Waals surface area contributed by atoms with Crippen molar-refractivity contribution in [3.05, 3.63) is 29.6 Å². The molecule has 1 amide bonds. The molecule has 0 unspecified atom stereocenters. The highest BCUT2D eigenvalue weighted by atomic mass is 16.4. The number of hydrogen-bond acceptors (Lipinski definition) is 3. The Balaban J connectivity index is 3.19. The lowest BCUT2D eigenvalue weighted by atomic mass is 10.1. The van der Waals surface area contributed by atoms with E-state index in [0.717, 1.165) is 6.20 Å². The van der Waals surface area contributed by atoms with E-state index in [1.54, 1.807) is 0 Å². The van der Waals surface area contributed by atoms with Crippen LogP contribution in [0.3, 0.4) is 0 Å². The van der Waals surface area contributed by atoms with Crippen molar-refractivity contribution in [2.45, 2.75) is 0 Å². The first-order valence-corrected chi connectivity index (χ1v) is 3.56. The molecule has 0 fully saturated rings. The molecule has 0 aliphatic heterocycles. The standard InChI is InChI=1S/C8H8N2O3/c1-9-7(11)5-2-3-10-4-6(5)8(12)13/h2-4H,1H3,(H,9,11)(H,12,13). The quantitative estimate of drug-likeness (QED) is 0.678. The summed E-state index contributed by atoms with van der Waals surface area (Å²) < 4.78 is 0. The summed E-state index contributed by atoms with van der Waals surface area (Å²) in [6.45, 7) is 0. The first-order chi connectivity index (χ1) is 6.16. The summed E-state index contributed by atoms with van der Waals surface area (Å²) in [4.78, 5) is 25.4. The molecule has 68 valence electrons. The lowest BCUT2D eigenvalue weighted by molar-refractivity contribution is 0.0690. The molecule has 2 N–H and O–H groups in total. The normalized spacial score (nSPS) is 9.31. The first-order valence-electron chi connectivity index (χ1n) is 3.56. The molecule has 0 aliphatic rings. The van der Waals surface area contributed by atoms with Crippen LogP contribution in [0.25, 0.3) is 0 Å². The molecule has 0 aliphatic carbocycles. The van der Waals surface area contributed by atoms with Gasteiger partial charge in [-0.15, -0.1) is 0 Å². The largest absolute Gasteiger partial charge is 0.478 e. The van der Waals surface area contributed by atoms with Gasteiger partial charge in [0.05, 0.1) is 11.1 Å². The number of carbonyl (C=O) groups is 2. The average molecular weight is 180 g/mol. The molecule has 1 heterocycles. The second-order valence-corrected chi connectivity index (χ2v) is 2.31. The third kappa shape index (κ3) is 1.81. The predicted octanol–water partition coefficient (Wildman–Crippen LogP) is 0.139. The Bertz CT molecular complexity index is 349. The molecular weight excluding hydrogens is 172 g/mol. The summed E-state index contributed by atoms with van der Waals surface area (Å²) in [5.41, 5.74) is 0.0202. The van der Waals surface area contributed by atoms with Gasteiger partial charge in [0.1, 0.15) is 0 Å². The Hall–Kier alpha value is -1.91. The van der Waals surface area contributed by atoms with Crippen LogP contribution in [0.15, 0.2) is 18.5 Å². The van der Waals surface area contributed by atoms with Crippen LogP contribution in [-0.2, 0) is 0 Å². The van der Waals surface area contributed by atoms with Gasteiger partial charge in [0, 0.05) is 19.4 Å². The Morgan fingerprint density at radius 1 is 1.46 bits per heavy atom. The van der Waals surface area contributed by atoms with Gasteiger partial charge < -0.3 is 10.4 Å². The number of hydrogen-bond donors (Lipinski definition) is 2. The average Bonchev–Trinajstić information content (AvgIpc) is 2.16. The van der Waals surface area contributed by atoms with Crippen LogP contribution in [0.4, 0.5) is 0 Å². The van der Waals surface area contributed by atoms with Crippen molar-refractivity contribution in [2.24, 2.45) is 0 Å². The minimum absolute atomic E-state index is 0.0955. The van der Waals surface area contributed by atoms with Crippen molar-refractivity contribution in [1.82, 2.24) is 10.3 Å². The molecule has 0 spiro atoms. The van der Waals surface area contributed by atoms with Gasteiger partial charge in [0.25, 0.3) is 5.91 Å². The zero-order chi connectivity index (χ0) is 9.84. The second-order valence-electron chi connectivity index (χ2n) is 2.31. The summed E-state index contributed by atoms with van der Waals surface area (Å²) in [7, 11) is 1.44. The Kier molecular flexibility index (Phi) is 2.59. The predicted molar refractivity (Wildman–Crippen MR) is 44.6 cm³/mol. The summed E-state index contributed by atoms with van der Waals surface area (Å²) in [6.07, 6.45) is 2.52. The van der Waals surface area contributed by atoms with Gasteiger partial charge in [-0.2, -0.15) is 0 Å². The molecule has 0 saturated carbocycles. The lowest BCUT2D eigenvalue weighted by Gasteiger charge is -2.02. The van der Waals surface area contributed by atoms with Crippen molar-refractivity contribution in [3.63, 3.8) is 0 Å². The Morgan fingerprint density at radius 3 is 2.69 bits per heavy atom. The fourth-order valence-corrected chi connectivity index (χ4v) is 0.898. The number of aromatic nitrogens is 1. The molecule has 5 nitrogen and oxygen atoms in total. The van der Waals surface area contributed by atoms with Crippen LogP contribution >= 0.6 is 0 Å². The third-order valence-corrected chi connectivity index (χ3v) is 1.52. The van der Waals surface area contributed by atoms with E-state index in [-0.39, 0.29) is 11.1 Å². The van der Waals surface area contributed by atoms with Gasteiger partial charge in [-0.3, -0.25) is 9.78 Å². The van der Waals surface area contributed by atoms with Crippen LogP contribution < -0.4 is 5.32 Å². The van der Waals surface area contributed by atoms with Crippen LogP contribution in [0.1, 0.15) is 20.7 Å². The zero-order valence-electron chi connectivity index (χ0n) is 6.94. The third-order valence-electron chi connectivity index (χ3n) is 1.52. The number of aromatic carboxylic acids is 1. The molecule has 0 bridgehead atoms. The highest BCUT2D eigenvalue weighted by molar-refractivity contribution is 6.04. The number of pyridine rings is 1. The first kappa shape index (κ1) is 9.18. The van der Waals surface area contributed by atoms with Gasteiger partial charge in [-0.1, -0.05) is 0 Å². The minimum Gasteiger partial charge on any atom is -0.478 e. The van der Waals surface area contributed by atoms with Gasteiger partial charge >= 0.3 is 5.97 Å². The van der Waals surface area contributed by atoms with Gasteiger partial charge in [0.2, 0.25) is 0 Å². The van der Waals surface area contributed by atoms with Crippen molar-refractivity contribution in [2.75, 3.05) is 7.05 Å². The molecule has 0 atom stereocenters. The molecule has 0 saturated heterocycles.